The van der Waals surface area contributed by atoms with Crippen LogP contribution < -0.4 is 10.6 Å². The van der Waals surface area contributed by atoms with Gasteiger partial charge in [-0.25, -0.2) is 9.59 Å². The largest absolute Gasteiger partial charge is 0.480 e. The predicted molar refractivity (Wildman–Crippen MR) is 58.0 cm³/mol. The molecule has 0 radical (unpaired) electrons. The van der Waals surface area contributed by atoms with Crippen molar-refractivity contribution in [3.63, 3.8) is 0 Å². The summed E-state index contributed by atoms with van der Waals surface area (Å²) in [6, 6.07) is -1.07. The van der Waals surface area contributed by atoms with Crippen molar-refractivity contribution in [3.8, 4) is 0 Å². The molecule has 5 heteroatoms. The van der Waals surface area contributed by atoms with E-state index in [-0.39, 0.29) is 17.4 Å². The van der Waals surface area contributed by atoms with Gasteiger partial charge in [0.25, 0.3) is 0 Å². The summed E-state index contributed by atoms with van der Waals surface area (Å²) in [6.45, 7) is 2.75. The molecule has 2 aliphatic carbocycles. The summed E-state index contributed by atoms with van der Waals surface area (Å²) in [7, 11) is 0. The smallest absolute Gasteiger partial charge is 0.326 e. The first-order chi connectivity index (χ1) is 7.50. The summed E-state index contributed by atoms with van der Waals surface area (Å²) in [5, 5.41) is 14.2. The first kappa shape index (κ1) is 11.2. The summed E-state index contributed by atoms with van der Waals surface area (Å²) in [4.78, 5) is 22.4. The number of hydrogen-bond acceptors (Lipinski definition) is 2. The third-order valence-corrected chi connectivity index (χ3v) is 3.43. The van der Waals surface area contributed by atoms with Crippen molar-refractivity contribution >= 4 is 12.0 Å². The van der Waals surface area contributed by atoms with Crippen LogP contribution in [-0.2, 0) is 4.79 Å². The molecule has 5 nitrogen and oxygen atoms in total. The lowest BCUT2D eigenvalue weighted by molar-refractivity contribution is -0.139. The minimum atomic E-state index is -0.935. The van der Waals surface area contributed by atoms with E-state index >= 15 is 0 Å². The van der Waals surface area contributed by atoms with Crippen molar-refractivity contribution in [3.05, 3.63) is 0 Å². The Hall–Kier alpha value is -1.26. The Balaban J connectivity index is 1.74. The maximum absolute atomic E-state index is 11.5. The fourth-order valence-corrected chi connectivity index (χ4v) is 1.69. The van der Waals surface area contributed by atoms with E-state index in [9.17, 15) is 9.59 Å². The molecule has 0 aromatic rings. The normalized spacial score (nSPS) is 23.3. The van der Waals surface area contributed by atoms with Gasteiger partial charge >= 0.3 is 12.0 Å². The van der Waals surface area contributed by atoms with Crippen LogP contribution in [0.3, 0.4) is 0 Å². The zero-order chi connectivity index (χ0) is 11.8. The Labute approximate surface area is 94.6 Å². The molecular formula is C11H18N2O3. The van der Waals surface area contributed by atoms with Crippen molar-refractivity contribution in [1.82, 2.24) is 10.6 Å². The van der Waals surface area contributed by atoms with Crippen LogP contribution in [0.15, 0.2) is 0 Å². The van der Waals surface area contributed by atoms with Gasteiger partial charge in [0.05, 0.1) is 0 Å². The maximum atomic E-state index is 11.5. The predicted octanol–water partition coefficient (Wildman–Crippen LogP) is 0.949. The molecule has 16 heavy (non-hydrogen) atoms. The third kappa shape index (κ3) is 2.87. The molecule has 90 valence electrons. The molecule has 0 aromatic carbocycles. The Bertz CT molecular complexity index is 308. The SMILES string of the molecule is CC1(CNC(=O)NC(C(=O)O)C2CC2)CC1. The number of carboxylic acids is 1. The molecule has 0 aliphatic heterocycles. The van der Waals surface area contributed by atoms with Gasteiger partial charge in [0.15, 0.2) is 0 Å². The number of urea groups is 1. The van der Waals surface area contributed by atoms with Crippen LogP contribution >= 0.6 is 0 Å². The summed E-state index contributed by atoms with van der Waals surface area (Å²) in [6.07, 6.45) is 4.07. The van der Waals surface area contributed by atoms with Gasteiger partial charge in [0, 0.05) is 6.54 Å². The molecule has 2 amide bonds. The van der Waals surface area contributed by atoms with E-state index in [1.54, 1.807) is 0 Å². The number of hydrogen-bond donors (Lipinski definition) is 3. The second kappa shape index (κ2) is 3.96. The van der Waals surface area contributed by atoms with Gasteiger partial charge in [-0.05, 0) is 37.0 Å². The van der Waals surface area contributed by atoms with Gasteiger partial charge in [-0.1, -0.05) is 6.92 Å². The van der Waals surface area contributed by atoms with Crippen molar-refractivity contribution in [2.24, 2.45) is 11.3 Å². The van der Waals surface area contributed by atoms with Crippen LogP contribution in [0, 0.1) is 11.3 Å². The first-order valence-electron chi connectivity index (χ1n) is 5.77. The lowest BCUT2D eigenvalue weighted by atomic mass is 10.1. The van der Waals surface area contributed by atoms with E-state index in [0.717, 1.165) is 25.7 Å². The Morgan fingerprint density at radius 1 is 1.44 bits per heavy atom. The summed E-state index contributed by atoms with van der Waals surface area (Å²) in [5.41, 5.74) is 0.246. The Morgan fingerprint density at radius 3 is 2.50 bits per heavy atom. The number of aliphatic carboxylic acids is 1. The van der Waals surface area contributed by atoms with Crippen molar-refractivity contribution in [2.45, 2.75) is 38.6 Å². The van der Waals surface area contributed by atoms with E-state index in [0.29, 0.717) is 6.54 Å². The first-order valence-corrected chi connectivity index (χ1v) is 5.77. The second-order valence-corrected chi connectivity index (χ2v) is 5.29. The summed E-state index contributed by atoms with van der Waals surface area (Å²) < 4.78 is 0. The topological polar surface area (TPSA) is 78.4 Å². The van der Waals surface area contributed by atoms with Gasteiger partial charge < -0.3 is 15.7 Å². The molecule has 2 aliphatic rings. The number of rotatable bonds is 5. The minimum Gasteiger partial charge on any atom is -0.480 e. The van der Waals surface area contributed by atoms with Gasteiger partial charge in [0.1, 0.15) is 6.04 Å². The lowest BCUT2D eigenvalue weighted by Gasteiger charge is -2.15. The minimum absolute atomic E-state index is 0.125. The highest BCUT2D eigenvalue weighted by Gasteiger charge is 2.39. The fourth-order valence-electron chi connectivity index (χ4n) is 1.69. The molecule has 0 spiro atoms. The van der Waals surface area contributed by atoms with Crippen LogP contribution in [-0.4, -0.2) is 29.7 Å². The van der Waals surface area contributed by atoms with Crippen LogP contribution in [0.25, 0.3) is 0 Å². The highest BCUT2D eigenvalue weighted by atomic mass is 16.4. The molecule has 2 saturated carbocycles. The molecule has 1 atom stereocenters. The zero-order valence-electron chi connectivity index (χ0n) is 9.45. The lowest BCUT2D eigenvalue weighted by Crippen LogP contribution is -2.48. The molecule has 2 fully saturated rings. The Morgan fingerprint density at radius 2 is 2.06 bits per heavy atom. The second-order valence-electron chi connectivity index (χ2n) is 5.29. The van der Waals surface area contributed by atoms with Crippen LogP contribution in [0.5, 0.6) is 0 Å². The van der Waals surface area contributed by atoms with E-state index < -0.39 is 12.0 Å². The van der Waals surface area contributed by atoms with Crippen molar-refractivity contribution in [2.75, 3.05) is 6.54 Å². The van der Waals surface area contributed by atoms with E-state index in [2.05, 4.69) is 17.6 Å². The quantitative estimate of drug-likeness (QED) is 0.653. The Kier molecular flexibility index (Phi) is 2.78. The molecule has 0 saturated heterocycles. The van der Waals surface area contributed by atoms with E-state index in [1.165, 1.54) is 0 Å². The molecule has 3 N–H and O–H groups in total. The van der Waals surface area contributed by atoms with Crippen molar-refractivity contribution < 1.29 is 14.7 Å². The van der Waals surface area contributed by atoms with Crippen LogP contribution in [0.1, 0.15) is 32.6 Å². The summed E-state index contributed by atoms with van der Waals surface area (Å²) in [5.74, 6) is -0.810. The number of nitrogens with one attached hydrogen (secondary N) is 2. The van der Waals surface area contributed by atoms with Crippen LogP contribution in [0.2, 0.25) is 0 Å². The zero-order valence-corrected chi connectivity index (χ0v) is 9.45. The van der Waals surface area contributed by atoms with Gasteiger partial charge in [-0.3, -0.25) is 0 Å². The molecule has 0 bridgehead atoms. The maximum Gasteiger partial charge on any atom is 0.326 e. The monoisotopic (exact) mass is 226 g/mol. The number of carboxylic acid groups (broad SMARTS) is 1. The van der Waals surface area contributed by atoms with Gasteiger partial charge in [-0.2, -0.15) is 0 Å². The number of amides is 2. The summed E-state index contributed by atoms with van der Waals surface area (Å²) >= 11 is 0. The molecule has 0 heterocycles. The average Bonchev–Trinajstić information content (AvgIpc) is 3.07. The van der Waals surface area contributed by atoms with Gasteiger partial charge in [0.2, 0.25) is 0 Å². The number of carbonyl (C=O) groups is 2. The standard InChI is InChI=1S/C11H18N2O3/c1-11(4-5-11)6-12-10(16)13-8(9(14)15)7-2-3-7/h7-8H,2-6H2,1H3,(H,14,15)(H2,12,13,16). The van der Waals surface area contributed by atoms with Crippen molar-refractivity contribution in [1.29, 1.82) is 0 Å². The molecule has 2 rings (SSSR count). The highest BCUT2D eigenvalue weighted by molar-refractivity contribution is 5.83. The highest BCUT2D eigenvalue weighted by Crippen LogP contribution is 2.44. The van der Waals surface area contributed by atoms with Gasteiger partial charge in [-0.15, -0.1) is 0 Å². The fraction of sp³-hybridized carbons (Fsp3) is 0.818. The van der Waals surface area contributed by atoms with Crippen LogP contribution in [0.4, 0.5) is 4.79 Å². The van der Waals surface area contributed by atoms with E-state index in [4.69, 9.17) is 5.11 Å². The molecular weight excluding hydrogens is 208 g/mol. The number of carbonyl (C=O) groups excluding carboxylic acids is 1. The average molecular weight is 226 g/mol. The van der Waals surface area contributed by atoms with E-state index in [1.807, 2.05) is 0 Å². The molecule has 0 aromatic heterocycles. The molecule has 1 unspecified atom stereocenters. The third-order valence-electron chi connectivity index (χ3n) is 3.43.